The summed E-state index contributed by atoms with van der Waals surface area (Å²) in [5, 5.41) is 2.74. The van der Waals surface area contributed by atoms with Gasteiger partial charge in [0.1, 0.15) is 11.6 Å². The van der Waals surface area contributed by atoms with E-state index < -0.39 is 5.25 Å². The molecule has 2 aromatic rings. The molecule has 7 nitrogen and oxygen atoms in total. The molecule has 1 unspecified atom stereocenters. The lowest BCUT2D eigenvalue weighted by molar-refractivity contribution is -0.120. The van der Waals surface area contributed by atoms with Gasteiger partial charge in [-0.2, -0.15) is 0 Å². The fourth-order valence-electron chi connectivity index (χ4n) is 1.81. The maximum atomic E-state index is 12.1. The minimum absolute atomic E-state index is 0.127. The third-order valence-electron chi connectivity index (χ3n) is 3.02. The number of hydrogen-bond donors (Lipinski definition) is 3. The van der Waals surface area contributed by atoms with Gasteiger partial charge >= 0.3 is 0 Å². The SMILES string of the molecule is COc1ccc(CNC(=O)C(C)Sc2nc(N)cc(=O)[nH]2)cc1. The Kier molecular flexibility index (Phi) is 5.64. The molecule has 4 N–H and O–H groups in total. The Balaban J connectivity index is 1.90. The number of anilines is 1. The second-order valence-electron chi connectivity index (χ2n) is 4.80. The number of carbonyl (C=O) groups is 1. The van der Waals surface area contributed by atoms with Crippen molar-refractivity contribution in [3.8, 4) is 5.75 Å². The van der Waals surface area contributed by atoms with Crippen LogP contribution in [0.2, 0.25) is 0 Å². The Hall–Kier alpha value is -2.48. The van der Waals surface area contributed by atoms with Crippen LogP contribution in [-0.2, 0) is 11.3 Å². The van der Waals surface area contributed by atoms with E-state index in [1.54, 1.807) is 14.0 Å². The summed E-state index contributed by atoms with van der Waals surface area (Å²) in [6.07, 6.45) is 0. The highest BCUT2D eigenvalue weighted by Gasteiger charge is 2.15. The third-order valence-corrected chi connectivity index (χ3v) is 4.01. The molecule has 0 aliphatic rings. The number of hydrogen-bond acceptors (Lipinski definition) is 6. The van der Waals surface area contributed by atoms with E-state index in [1.165, 1.54) is 6.07 Å². The monoisotopic (exact) mass is 334 g/mol. The van der Waals surface area contributed by atoms with Crippen LogP contribution in [0.1, 0.15) is 12.5 Å². The molecule has 0 spiro atoms. The molecule has 0 aliphatic carbocycles. The lowest BCUT2D eigenvalue weighted by atomic mass is 10.2. The van der Waals surface area contributed by atoms with Crippen LogP contribution in [0.4, 0.5) is 5.82 Å². The van der Waals surface area contributed by atoms with Gasteiger partial charge in [-0.15, -0.1) is 0 Å². The van der Waals surface area contributed by atoms with Crippen molar-refractivity contribution in [1.82, 2.24) is 15.3 Å². The minimum atomic E-state index is -0.418. The number of amides is 1. The zero-order chi connectivity index (χ0) is 16.8. The van der Waals surface area contributed by atoms with Gasteiger partial charge in [0.2, 0.25) is 5.91 Å². The van der Waals surface area contributed by atoms with Crippen molar-refractivity contribution < 1.29 is 9.53 Å². The standard InChI is InChI=1S/C15H18N4O3S/c1-9(23-15-18-12(16)7-13(20)19-15)14(21)17-8-10-3-5-11(22-2)6-4-10/h3-7,9H,8H2,1-2H3,(H,17,21)(H3,16,18,19,20). The summed E-state index contributed by atoms with van der Waals surface area (Å²) in [5.41, 5.74) is 6.14. The van der Waals surface area contributed by atoms with Crippen LogP contribution in [0, 0.1) is 0 Å². The summed E-state index contributed by atoms with van der Waals surface area (Å²) in [4.78, 5) is 30.0. The lowest BCUT2D eigenvalue weighted by Crippen LogP contribution is -2.30. The highest BCUT2D eigenvalue weighted by Crippen LogP contribution is 2.19. The van der Waals surface area contributed by atoms with E-state index >= 15 is 0 Å². The second-order valence-corrected chi connectivity index (χ2v) is 6.13. The predicted molar refractivity (Wildman–Crippen MR) is 89.4 cm³/mol. The number of carbonyl (C=O) groups excluding carboxylic acids is 1. The molecule has 0 bridgehead atoms. The Bertz CT molecular complexity index is 730. The zero-order valence-electron chi connectivity index (χ0n) is 12.8. The van der Waals surface area contributed by atoms with Crippen LogP contribution < -0.4 is 21.3 Å². The van der Waals surface area contributed by atoms with Crippen molar-refractivity contribution in [3.63, 3.8) is 0 Å². The van der Waals surface area contributed by atoms with Crippen LogP contribution in [0.3, 0.4) is 0 Å². The number of ether oxygens (including phenoxy) is 1. The van der Waals surface area contributed by atoms with Gasteiger partial charge in [0.25, 0.3) is 5.56 Å². The first-order valence-electron chi connectivity index (χ1n) is 6.92. The Labute approximate surface area is 137 Å². The average Bonchev–Trinajstić information content (AvgIpc) is 2.52. The van der Waals surface area contributed by atoms with Crippen molar-refractivity contribution in [2.75, 3.05) is 12.8 Å². The van der Waals surface area contributed by atoms with Gasteiger partial charge in [0, 0.05) is 12.6 Å². The number of nitrogens with two attached hydrogens (primary N) is 1. The molecule has 1 amide bonds. The molecule has 0 radical (unpaired) electrons. The molecule has 1 atom stereocenters. The summed E-state index contributed by atoms with van der Waals surface area (Å²) in [6, 6.07) is 8.63. The van der Waals surface area contributed by atoms with Crippen molar-refractivity contribution in [2.24, 2.45) is 0 Å². The fraction of sp³-hybridized carbons (Fsp3) is 0.267. The van der Waals surface area contributed by atoms with Crippen molar-refractivity contribution in [3.05, 3.63) is 46.2 Å². The number of thioether (sulfide) groups is 1. The number of H-pyrrole nitrogens is 1. The number of nitrogens with one attached hydrogen (secondary N) is 2. The van der Waals surface area contributed by atoms with Gasteiger partial charge in [-0.3, -0.25) is 9.59 Å². The molecule has 1 aromatic heterocycles. The molecule has 0 saturated heterocycles. The molecular formula is C15H18N4O3S. The summed E-state index contributed by atoms with van der Waals surface area (Å²) in [7, 11) is 1.60. The van der Waals surface area contributed by atoms with Gasteiger partial charge in [-0.05, 0) is 24.6 Å². The molecule has 2 rings (SSSR count). The largest absolute Gasteiger partial charge is 0.497 e. The second kappa shape index (κ2) is 7.68. The van der Waals surface area contributed by atoms with Gasteiger partial charge in [0.15, 0.2) is 5.16 Å². The molecule has 1 aromatic carbocycles. The highest BCUT2D eigenvalue weighted by atomic mass is 32.2. The Morgan fingerprint density at radius 2 is 2.13 bits per heavy atom. The van der Waals surface area contributed by atoms with E-state index in [4.69, 9.17) is 10.5 Å². The first-order valence-corrected chi connectivity index (χ1v) is 7.80. The van der Waals surface area contributed by atoms with E-state index in [0.717, 1.165) is 23.1 Å². The summed E-state index contributed by atoms with van der Waals surface area (Å²) in [6.45, 7) is 2.14. The van der Waals surface area contributed by atoms with E-state index in [-0.39, 0.29) is 17.3 Å². The number of rotatable bonds is 6. The van der Waals surface area contributed by atoms with E-state index in [2.05, 4.69) is 15.3 Å². The zero-order valence-corrected chi connectivity index (χ0v) is 13.6. The smallest absolute Gasteiger partial charge is 0.253 e. The summed E-state index contributed by atoms with van der Waals surface area (Å²) < 4.78 is 5.08. The predicted octanol–water partition coefficient (Wildman–Crippen LogP) is 1.16. The van der Waals surface area contributed by atoms with Crippen LogP contribution in [0.15, 0.2) is 40.3 Å². The molecule has 122 valence electrons. The lowest BCUT2D eigenvalue weighted by Gasteiger charge is -2.11. The average molecular weight is 334 g/mol. The van der Waals surface area contributed by atoms with Crippen LogP contribution in [0.25, 0.3) is 0 Å². The Morgan fingerprint density at radius 3 is 2.74 bits per heavy atom. The van der Waals surface area contributed by atoms with Crippen molar-refractivity contribution in [1.29, 1.82) is 0 Å². The fourth-order valence-corrected chi connectivity index (χ4v) is 2.65. The molecule has 0 saturated carbocycles. The number of aromatic nitrogens is 2. The summed E-state index contributed by atoms with van der Waals surface area (Å²) >= 11 is 1.14. The van der Waals surface area contributed by atoms with Gasteiger partial charge in [-0.1, -0.05) is 23.9 Å². The number of methoxy groups -OCH3 is 1. The van der Waals surface area contributed by atoms with Crippen molar-refractivity contribution >= 4 is 23.5 Å². The van der Waals surface area contributed by atoms with Gasteiger partial charge in [0.05, 0.1) is 12.4 Å². The number of benzene rings is 1. The van der Waals surface area contributed by atoms with Crippen LogP contribution in [0.5, 0.6) is 5.75 Å². The van der Waals surface area contributed by atoms with Crippen LogP contribution >= 0.6 is 11.8 Å². The quantitative estimate of drug-likeness (QED) is 0.540. The van der Waals surface area contributed by atoms with Gasteiger partial charge in [-0.25, -0.2) is 4.98 Å². The van der Waals surface area contributed by atoms with Gasteiger partial charge < -0.3 is 20.8 Å². The molecule has 1 heterocycles. The third kappa shape index (κ3) is 5.03. The van der Waals surface area contributed by atoms with E-state index in [1.807, 2.05) is 24.3 Å². The maximum absolute atomic E-state index is 12.1. The molecule has 8 heteroatoms. The van der Waals surface area contributed by atoms with Crippen LogP contribution in [-0.4, -0.2) is 28.2 Å². The highest BCUT2D eigenvalue weighted by molar-refractivity contribution is 8.00. The first kappa shape index (κ1) is 16.9. The number of nitrogens with zero attached hydrogens (tertiary/aromatic N) is 1. The minimum Gasteiger partial charge on any atom is -0.497 e. The molecule has 0 aliphatic heterocycles. The number of aromatic amines is 1. The first-order chi connectivity index (χ1) is 11.0. The normalized spacial score (nSPS) is 11.7. The summed E-state index contributed by atoms with van der Waals surface area (Å²) in [5.74, 6) is 0.735. The van der Waals surface area contributed by atoms with E-state index in [0.29, 0.717) is 11.7 Å². The molecule has 23 heavy (non-hydrogen) atoms. The maximum Gasteiger partial charge on any atom is 0.253 e. The van der Waals surface area contributed by atoms with E-state index in [9.17, 15) is 9.59 Å². The topological polar surface area (TPSA) is 110 Å². The molecular weight excluding hydrogens is 316 g/mol. The molecule has 0 fully saturated rings. The number of nitrogen functional groups attached to an aromatic ring is 1. The van der Waals surface area contributed by atoms with Crippen molar-refractivity contribution in [2.45, 2.75) is 23.9 Å². The Morgan fingerprint density at radius 1 is 1.43 bits per heavy atom.